The van der Waals surface area contributed by atoms with Crippen molar-refractivity contribution in [2.45, 2.75) is 37.5 Å². The third-order valence-electron chi connectivity index (χ3n) is 11.8. The van der Waals surface area contributed by atoms with Gasteiger partial charge in [-0.1, -0.05) is 5.70 Å². The summed E-state index contributed by atoms with van der Waals surface area (Å²) in [5, 5.41) is 30.3. The van der Waals surface area contributed by atoms with Gasteiger partial charge in [-0.05, 0) is 115 Å². The van der Waals surface area contributed by atoms with E-state index in [0.29, 0.717) is 0 Å². The van der Waals surface area contributed by atoms with Crippen LogP contribution in [0, 0.1) is 35.7 Å². The zero-order valence-electron chi connectivity index (χ0n) is 38.6. The van der Waals surface area contributed by atoms with Crippen LogP contribution in [0.2, 0.25) is 0 Å². The lowest BCUT2D eigenvalue weighted by molar-refractivity contribution is -0.138. The lowest BCUT2D eigenvalue weighted by Gasteiger charge is -2.48. The Hall–Kier alpha value is -9.22. The first-order chi connectivity index (χ1) is 35.7. The molecule has 24 heteroatoms. The van der Waals surface area contributed by atoms with Gasteiger partial charge in [0, 0.05) is 17.1 Å². The number of nitrogens with one attached hydrogen (secondary N) is 6. The maximum absolute atomic E-state index is 13.6. The molecule has 0 spiro atoms. The summed E-state index contributed by atoms with van der Waals surface area (Å²) in [5.74, 6) is 0. The Morgan fingerprint density at radius 1 is 0.539 bits per heavy atom. The maximum Gasteiger partial charge on any atom is 0.416 e. The first kappa shape index (κ1) is 51.7. The molecule has 0 aromatic heterocycles. The summed E-state index contributed by atoms with van der Waals surface area (Å²) in [4.78, 5) is 19.3. The van der Waals surface area contributed by atoms with Crippen LogP contribution in [0.3, 0.4) is 0 Å². The van der Waals surface area contributed by atoms with Gasteiger partial charge in [-0.15, -0.1) is 6.42 Å². The summed E-state index contributed by atoms with van der Waals surface area (Å²) in [6, 6.07) is 16.5. The number of anilines is 4. The highest BCUT2D eigenvalue weighted by molar-refractivity contribution is 6.56. The van der Waals surface area contributed by atoms with Gasteiger partial charge in [-0.25, -0.2) is 16.1 Å². The van der Waals surface area contributed by atoms with Gasteiger partial charge in [0.25, 0.3) is 5.70 Å². The predicted molar refractivity (Wildman–Crippen MR) is 265 cm³/mol. The number of halogens is 12. The van der Waals surface area contributed by atoms with E-state index in [4.69, 9.17) is 42.3 Å². The molecule has 9 rings (SSSR count). The van der Waals surface area contributed by atoms with Crippen LogP contribution < -0.4 is 32.7 Å². The molecule has 8 bridgehead atoms. The normalized spacial score (nSPS) is 17.4. The van der Waals surface area contributed by atoms with Crippen molar-refractivity contribution in [1.82, 2.24) is 0 Å². The number of fused-ring (bicyclic) bond motifs is 6. The Balaban J connectivity index is 1.23. The summed E-state index contributed by atoms with van der Waals surface area (Å²) in [7, 11) is 0. The Labute approximate surface area is 423 Å². The smallest absolute Gasteiger partial charge is 0.416 e. The van der Waals surface area contributed by atoms with E-state index in [-0.39, 0.29) is 128 Å². The fourth-order valence-electron chi connectivity index (χ4n) is 7.91. The molecule has 388 valence electrons. The Kier molecular flexibility index (Phi) is 13.3. The number of hydrogen-bond acceptors (Lipinski definition) is 12. The highest BCUT2D eigenvalue weighted by Crippen LogP contribution is 2.40. The van der Waals surface area contributed by atoms with E-state index < -0.39 is 47.0 Å². The minimum Gasteiger partial charge on any atom is -0.514 e. The standard InChI is InChI=1S/C52H36F12N12/c53-49(54,55)25-1-9-29(10-2-25)69-41-21-42(70-30-11-3-26(4-12-30)50(56,57)58)46-23-45(41)73-37-19-38(34(66)17-33(37)65)75-47-24-48(76-40-20-39(74-46)35(67)18-36(40)68)44(72-32-15-7-28(8-16-32)52(62,63)64)22-43(47)71-31-13-5-27(6-14-31)51(59,60)61/h1-20,23-24,65,68-72H,21-22,66-67H2. The fraction of sp³-hybridized carbons (Fsp3) is 0.115. The maximum atomic E-state index is 13.6. The molecule has 1 aliphatic heterocycles. The molecule has 10 N–H and O–H groups in total. The van der Waals surface area contributed by atoms with E-state index in [9.17, 15) is 52.7 Å². The van der Waals surface area contributed by atoms with Crippen LogP contribution in [-0.2, 0) is 24.7 Å². The SMILES string of the molecule is N=C1C=C(N)C2=NC3=C(Nc4ccc(C(F)(F)F)cc4)C[C+](Nc4ccc(C(F)(F)F)cc4)C(=C3)N=C3[CH+]C(=NC4=C(Nc5ccc(C(F)(F)F)cc5)C[C-](Nc5ccc(C(F)(F)F)cc5)C(=NC1=C2)[CH-]4)C(N)=CC3=N. The number of nitrogens with zero attached hydrogens (tertiary/aromatic N) is 4. The van der Waals surface area contributed by atoms with Crippen LogP contribution in [0.15, 0.2) is 187 Å². The van der Waals surface area contributed by atoms with Crippen molar-refractivity contribution in [3.05, 3.63) is 214 Å². The van der Waals surface area contributed by atoms with Gasteiger partial charge in [0.05, 0.1) is 62.9 Å². The van der Waals surface area contributed by atoms with Crippen LogP contribution in [-0.4, -0.2) is 34.3 Å². The molecule has 0 amide bonds. The molecule has 0 unspecified atom stereocenters. The number of alkyl halides is 12. The third kappa shape index (κ3) is 11.6. The second-order valence-electron chi connectivity index (χ2n) is 17.2. The molecule has 0 saturated carbocycles. The van der Waals surface area contributed by atoms with Crippen LogP contribution in [0.4, 0.5) is 75.4 Å². The van der Waals surface area contributed by atoms with E-state index in [2.05, 4.69) is 21.3 Å². The molecule has 1 heterocycles. The fourth-order valence-corrected chi connectivity index (χ4v) is 7.91. The number of allylic oxidation sites excluding steroid dienone is 6. The van der Waals surface area contributed by atoms with Gasteiger partial charge in [-0.2, -0.15) is 57.7 Å². The molecular weight excluding hydrogens is 1020 g/mol. The van der Waals surface area contributed by atoms with Crippen molar-refractivity contribution in [1.29, 1.82) is 10.8 Å². The molecule has 0 atom stereocenters. The zero-order chi connectivity index (χ0) is 54.5. The largest absolute Gasteiger partial charge is 0.514 e. The van der Waals surface area contributed by atoms with Crippen molar-refractivity contribution in [3.63, 3.8) is 0 Å². The number of aliphatic imine (C=N–C) groups is 4. The first-order valence-corrected chi connectivity index (χ1v) is 22.3. The van der Waals surface area contributed by atoms with Gasteiger partial charge in [0.1, 0.15) is 18.6 Å². The summed E-state index contributed by atoms with van der Waals surface area (Å²) >= 11 is 0. The Morgan fingerprint density at radius 2 is 1.03 bits per heavy atom. The second kappa shape index (κ2) is 19.6. The minimum absolute atomic E-state index is 0.00645. The van der Waals surface area contributed by atoms with Gasteiger partial charge in [0.2, 0.25) is 5.71 Å². The van der Waals surface area contributed by atoms with Crippen molar-refractivity contribution >= 4 is 57.0 Å². The van der Waals surface area contributed by atoms with Gasteiger partial charge >= 0.3 is 24.7 Å². The molecule has 4 aromatic rings. The molecule has 5 aliphatic rings. The lowest BCUT2D eigenvalue weighted by Crippen LogP contribution is -2.32. The Bertz CT molecular complexity index is 3330. The van der Waals surface area contributed by atoms with E-state index >= 15 is 0 Å². The highest BCUT2D eigenvalue weighted by Gasteiger charge is 2.39. The molecule has 4 aromatic carbocycles. The molecule has 12 nitrogen and oxygen atoms in total. The van der Waals surface area contributed by atoms with Crippen molar-refractivity contribution < 1.29 is 52.7 Å². The topological polar surface area (TPSA) is 197 Å². The monoisotopic (exact) mass is 1060 g/mol. The van der Waals surface area contributed by atoms with Gasteiger partial charge in [-0.3, -0.25) is 21.8 Å². The third-order valence-corrected chi connectivity index (χ3v) is 11.8. The number of rotatable bonds is 8. The van der Waals surface area contributed by atoms with Crippen LogP contribution in [0.25, 0.3) is 0 Å². The average Bonchev–Trinajstić information content (AvgIpc) is 3.35. The lowest BCUT2D eigenvalue weighted by atomic mass is 9.91. The average molecular weight is 1060 g/mol. The molecule has 0 fully saturated rings. The van der Waals surface area contributed by atoms with E-state index in [1.807, 2.05) is 0 Å². The summed E-state index contributed by atoms with van der Waals surface area (Å²) in [6.07, 6.45) is -11.1. The summed E-state index contributed by atoms with van der Waals surface area (Å²) in [6.45, 7) is 0. The number of nitrogens with two attached hydrogens (primary N) is 2. The van der Waals surface area contributed by atoms with Crippen LogP contribution in [0.1, 0.15) is 35.1 Å². The number of benzene rings is 4. The second-order valence-corrected chi connectivity index (χ2v) is 17.2. The predicted octanol–water partition coefficient (Wildman–Crippen LogP) is 12.5. The van der Waals surface area contributed by atoms with Gasteiger partial charge in [0.15, 0.2) is 28.9 Å². The van der Waals surface area contributed by atoms with Gasteiger partial charge < -0.3 is 38.8 Å². The number of hydrogen-bond donors (Lipinski definition) is 8. The first-order valence-electron chi connectivity index (χ1n) is 22.3. The Morgan fingerprint density at radius 3 is 1.55 bits per heavy atom. The van der Waals surface area contributed by atoms with E-state index in [1.54, 1.807) is 0 Å². The van der Waals surface area contributed by atoms with Crippen molar-refractivity contribution in [3.8, 4) is 0 Å². The van der Waals surface area contributed by atoms with Crippen molar-refractivity contribution in [2.24, 2.45) is 31.4 Å². The van der Waals surface area contributed by atoms with Crippen molar-refractivity contribution in [2.75, 3.05) is 21.3 Å². The summed E-state index contributed by atoms with van der Waals surface area (Å²) in [5.41, 5.74) is 9.72. The van der Waals surface area contributed by atoms with Crippen LogP contribution >= 0.6 is 0 Å². The quantitative estimate of drug-likeness (QED) is 0.0491. The highest BCUT2D eigenvalue weighted by atomic mass is 19.4. The van der Waals surface area contributed by atoms with Crippen LogP contribution in [0.5, 0.6) is 0 Å². The minimum atomic E-state index is -4.66. The molecule has 0 radical (unpaired) electrons. The molecule has 76 heavy (non-hydrogen) atoms. The molecule has 0 saturated heterocycles. The molecule has 4 aliphatic carbocycles. The van der Waals surface area contributed by atoms with E-state index in [1.165, 1.54) is 85.7 Å². The summed E-state index contributed by atoms with van der Waals surface area (Å²) < 4.78 is 163. The molecular formula is C52H36F12N12. The zero-order valence-corrected chi connectivity index (χ0v) is 38.6. The van der Waals surface area contributed by atoms with E-state index in [0.717, 1.165) is 48.5 Å².